The highest BCUT2D eigenvalue weighted by Crippen LogP contribution is 2.29. The number of carbonyl (C=O) groups excluding carboxylic acids is 1. The van der Waals surface area contributed by atoms with Crippen LogP contribution in [-0.2, 0) is 10.0 Å². The van der Waals surface area contributed by atoms with E-state index in [0.29, 0.717) is 11.3 Å². The number of rotatable bonds is 5. The molecule has 0 radical (unpaired) electrons. The van der Waals surface area contributed by atoms with Crippen LogP contribution < -0.4 is 21.1 Å². The Morgan fingerprint density at radius 1 is 1.03 bits per heavy atom. The predicted octanol–water partition coefficient (Wildman–Crippen LogP) is 3.06. The van der Waals surface area contributed by atoms with Gasteiger partial charge in [-0.05, 0) is 55.5 Å². The lowest BCUT2D eigenvalue weighted by Gasteiger charge is -2.27. The number of anilines is 1. The molecule has 1 amide bonds. The zero-order chi connectivity index (χ0) is 21.8. The molecular weight excluding hydrogens is 479 g/mol. The number of nitrogens with one attached hydrogen (secondary N) is 3. The van der Waals surface area contributed by atoms with Gasteiger partial charge in [-0.25, -0.2) is 13.6 Å². The van der Waals surface area contributed by atoms with Gasteiger partial charge in [0.25, 0.3) is 5.91 Å². The quantitative estimate of drug-likeness (QED) is 0.288. The van der Waals surface area contributed by atoms with Crippen LogP contribution in [0.5, 0.6) is 0 Å². The summed E-state index contributed by atoms with van der Waals surface area (Å²) in [5.74, 6) is -0.464. The standard InChI is InChI=1S/C17H17Cl3N4O3S2/c1-10-2-4-11(5-3-10)14(25)23-15(17(18,19)20)24-16(28)22-12-6-8-13(9-7-12)29(21,26)27/h2-9,15H,1H3,(H,23,25)(H2,21,26,27)(H2,22,24,28)/t15-/m1/s1. The van der Waals surface area contributed by atoms with E-state index in [0.717, 1.165) is 5.56 Å². The Morgan fingerprint density at radius 3 is 2.07 bits per heavy atom. The molecule has 5 N–H and O–H groups in total. The van der Waals surface area contributed by atoms with Gasteiger partial charge in [-0.2, -0.15) is 0 Å². The highest BCUT2D eigenvalue weighted by atomic mass is 35.6. The van der Waals surface area contributed by atoms with Crippen molar-refractivity contribution in [3.8, 4) is 0 Å². The van der Waals surface area contributed by atoms with Crippen LogP contribution in [0.2, 0.25) is 0 Å². The Labute approximate surface area is 188 Å². The van der Waals surface area contributed by atoms with Gasteiger partial charge < -0.3 is 16.0 Å². The van der Waals surface area contributed by atoms with E-state index in [2.05, 4.69) is 16.0 Å². The number of thiocarbonyl (C=S) groups is 1. The van der Waals surface area contributed by atoms with Crippen molar-refractivity contribution in [2.24, 2.45) is 5.14 Å². The second-order valence-corrected chi connectivity index (χ2v) is 10.3. The zero-order valence-electron chi connectivity index (χ0n) is 14.9. The Morgan fingerprint density at radius 2 is 1.59 bits per heavy atom. The molecule has 0 aliphatic heterocycles. The molecule has 12 heteroatoms. The molecule has 2 aromatic rings. The van der Waals surface area contributed by atoms with Crippen molar-refractivity contribution in [2.75, 3.05) is 5.32 Å². The van der Waals surface area contributed by atoms with Crippen LogP contribution in [0.15, 0.2) is 53.4 Å². The third-order valence-corrected chi connectivity index (χ3v) is 5.44. The van der Waals surface area contributed by atoms with Gasteiger partial charge in [-0.15, -0.1) is 0 Å². The maximum Gasteiger partial charge on any atom is 0.252 e. The molecule has 0 bridgehead atoms. The van der Waals surface area contributed by atoms with Gasteiger partial charge in [0.2, 0.25) is 13.8 Å². The van der Waals surface area contributed by atoms with Gasteiger partial charge in [0.05, 0.1) is 4.90 Å². The van der Waals surface area contributed by atoms with Gasteiger partial charge in [-0.3, -0.25) is 4.79 Å². The van der Waals surface area contributed by atoms with Crippen molar-refractivity contribution in [1.29, 1.82) is 0 Å². The first-order valence-corrected chi connectivity index (χ1v) is 11.1. The Kier molecular flexibility index (Phi) is 7.72. The second-order valence-electron chi connectivity index (χ2n) is 5.98. The van der Waals surface area contributed by atoms with Crippen molar-refractivity contribution in [3.63, 3.8) is 0 Å². The summed E-state index contributed by atoms with van der Waals surface area (Å²) >= 11 is 23.1. The monoisotopic (exact) mass is 494 g/mol. The highest BCUT2D eigenvalue weighted by Gasteiger charge is 2.34. The fourth-order valence-corrected chi connectivity index (χ4v) is 3.22. The van der Waals surface area contributed by atoms with Crippen molar-refractivity contribution in [3.05, 3.63) is 59.7 Å². The van der Waals surface area contributed by atoms with Gasteiger partial charge in [-0.1, -0.05) is 52.5 Å². The molecule has 7 nitrogen and oxygen atoms in total. The first-order valence-electron chi connectivity index (χ1n) is 8.01. The van der Waals surface area contributed by atoms with Crippen molar-refractivity contribution < 1.29 is 13.2 Å². The number of primary sulfonamides is 1. The Hall–Kier alpha value is -1.62. The first-order chi connectivity index (χ1) is 13.4. The molecule has 2 aromatic carbocycles. The smallest absolute Gasteiger partial charge is 0.252 e. The van der Waals surface area contributed by atoms with E-state index in [1.54, 1.807) is 24.3 Å². The lowest BCUT2D eigenvalue weighted by molar-refractivity contribution is 0.0934. The molecule has 0 heterocycles. The number of benzene rings is 2. The molecule has 0 fully saturated rings. The number of alkyl halides is 3. The molecule has 2 rings (SSSR count). The number of nitrogens with two attached hydrogens (primary N) is 1. The fraction of sp³-hybridized carbons (Fsp3) is 0.176. The van der Waals surface area contributed by atoms with Gasteiger partial charge >= 0.3 is 0 Å². The zero-order valence-corrected chi connectivity index (χ0v) is 18.8. The SMILES string of the molecule is Cc1ccc(C(=O)N[C@H](NC(=S)Nc2ccc(S(N)(=O)=O)cc2)C(Cl)(Cl)Cl)cc1. The van der Waals surface area contributed by atoms with Crippen LogP contribution >= 0.6 is 47.0 Å². The molecule has 0 spiro atoms. The lowest BCUT2D eigenvalue weighted by Crippen LogP contribution is -2.56. The molecular formula is C17H17Cl3N4O3S2. The van der Waals surface area contributed by atoms with Crippen molar-refractivity contribution in [2.45, 2.75) is 21.8 Å². The van der Waals surface area contributed by atoms with Crippen LogP contribution in [0.4, 0.5) is 5.69 Å². The Bertz CT molecular complexity index is 992. The maximum absolute atomic E-state index is 12.4. The predicted molar refractivity (Wildman–Crippen MR) is 120 cm³/mol. The van der Waals surface area contributed by atoms with Gasteiger partial charge in [0.15, 0.2) is 5.11 Å². The van der Waals surface area contributed by atoms with E-state index in [-0.39, 0.29) is 10.0 Å². The normalized spacial score (nSPS) is 12.7. The third kappa shape index (κ3) is 7.29. The number of halogens is 3. The van der Waals surface area contributed by atoms with Gasteiger partial charge in [0, 0.05) is 11.3 Å². The second kappa shape index (κ2) is 9.46. The largest absolute Gasteiger partial charge is 0.339 e. The van der Waals surface area contributed by atoms with Crippen LogP contribution in [0, 0.1) is 6.92 Å². The number of carbonyl (C=O) groups is 1. The summed E-state index contributed by atoms with van der Waals surface area (Å²) in [5, 5.41) is 13.2. The van der Waals surface area contributed by atoms with Crippen molar-refractivity contribution in [1.82, 2.24) is 10.6 Å². The van der Waals surface area contributed by atoms with Crippen LogP contribution in [-0.4, -0.2) is 29.4 Å². The summed E-state index contributed by atoms with van der Waals surface area (Å²) in [6, 6.07) is 12.4. The minimum atomic E-state index is -3.81. The van der Waals surface area contributed by atoms with E-state index < -0.39 is 25.9 Å². The third-order valence-electron chi connectivity index (χ3n) is 3.63. The number of sulfonamides is 1. The first kappa shape index (κ1) is 23.7. The number of aryl methyl sites for hydroxylation is 1. The lowest BCUT2D eigenvalue weighted by atomic mass is 10.1. The minimum Gasteiger partial charge on any atom is -0.339 e. The average Bonchev–Trinajstić information content (AvgIpc) is 2.60. The molecule has 29 heavy (non-hydrogen) atoms. The van der Waals surface area contributed by atoms with E-state index in [1.807, 2.05) is 6.92 Å². The van der Waals surface area contributed by atoms with E-state index >= 15 is 0 Å². The van der Waals surface area contributed by atoms with E-state index in [4.69, 9.17) is 52.2 Å². The summed E-state index contributed by atoms with van der Waals surface area (Å²) < 4.78 is 20.7. The summed E-state index contributed by atoms with van der Waals surface area (Å²) in [7, 11) is -3.81. The summed E-state index contributed by atoms with van der Waals surface area (Å²) in [6.07, 6.45) is -1.15. The van der Waals surface area contributed by atoms with Crippen LogP contribution in [0.25, 0.3) is 0 Å². The molecule has 0 aliphatic carbocycles. The van der Waals surface area contributed by atoms with Crippen molar-refractivity contribution >= 4 is 73.8 Å². The topological polar surface area (TPSA) is 113 Å². The molecule has 1 atom stereocenters. The Balaban J connectivity index is 2.06. The molecule has 156 valence electrons. The van der Waals surface area contributed by atoms with Crippen LogP contribution in [0.1, 0.15) is 15.9 Å². The van der Waals surface area contributed by atoms with E-state index in [9.17, 15) is 13.2 Å². The van der Waals surface area contributed by atoms with E-state index in [1.165, 1.54) is 24.3 Å². The summed E-state index contributed by atoms with van der Waals surface area (Å²) in [4.78, 5) is 12.4. The highest BCUT2D eigenvalue weighted by molar-refractivity contribution is 7.89. The minimum absolute atomic E-state index is 0.0360. The molecule has 0 saturated carbocycles. The summed E-state index contributed by atoms with van der Waals surface area (Å²) in [5.41, 5.74) is 1.84. The van der Waals surface area contributed by atoms with Crippen LogP contribution in [0.3, 0.4) is 0 Å². The average molecular weight is 496 g/mol. The maximum atomic E-state index is 12.4. The van der Waals surface area contributed by atoms with Gasteiger partial charge in [0.1, 0.15) is 6.17 Å². The summed E-state index contributed by atoms with van der Waals surface area (Å²) in [6.45, 7) is 1.90. The number of hydrogen-bond donors (Lipinski definition) is 4. The molecule has 0 saturated heterocycles. The number of amides is 1. The number of hydrogen-bond acceptors (Lipinski definition) is 4. The molecule has 0 aromatic heterocycles. The molecule has 0 unspecified atom stereocenters. The molecule has 0 aliphatic rings. The fourth-order valence-electron chi connectivity index (χ4n) is 2.15.